The Morgan fingerprint density at radius 3 is 2.31 bits per heavy atom. The monoisotopic (exact) mass is 483 g/mol. The molecule has 1 aliphatic rings. The summed E-state index contributed by atoms with van der Waals surface area (Å²) in [6, 6.07) is 0. The van der Waals surface area contributed by atoms with Crippen LogP contribution in [0.3, 0.4) is 0 Å². The topological polar surface area (TPSA) is 127 Å². The van der Waals surface area contributed by atoms with Crippen molar-refractivity contribution in [3.63, 3.8) is 0 Å². The first kappa shape index (κ1) is 31.9. The van der Waals surface area contributed by atoms with Crippen molar-refractivity contribution >= 4 is 21.7 Å². The minimum atomic E-state index is -4.59. The van der Waals surface area contributed by atoms with Gasteiger partial charge >= 0.3 is 29.6 Å². The molecule has 10 heteroatoms. The van der Waals surface area contributed by atoms with E-state index in [1.54, 1.807) is 0 Å². The molecule has 0 fully saturated rings. The van der Waals surface area contributed by atoms with Gasteiger partial charge in [0.1, 0.15) is 25.7 Å². The fourth-order valence-electron chi connectivity index (χ4n) is 4.12. The van der Waals surface area contributed by atoms with Crippen LogP contribution in [0.4, 0.5) is 0 Å². The maximum absolute atomic E-state index is 12.7. The molecule has 2 atom stereocenters. The van der Waals surface area contributed by atoms with Crippen molar-refractivity contribution in [2.24, 2.45) is 4.99 Å². The molecular formula is C22H40N2NaO6S+. The number of allylic oxidation sites excluding steroid dienone is 1. The molecule has 0 aromatic carbocycles. The fraction of sp³-hybridized carbons (Fsp3) is 0.818. The third-order valence-corrected chi connectivity index (χ3v) is 6.48. The number of amidine groups is 1. The van der Waals surface area contributed by atoms with Crippen molar-refractivity contribution in [1.82, 2.24) is 0 Å². The standard InChI is InChI=1S/C22H40N2O6S.Na/c1-2-3-4-5-6-7-8-9-10-11-12-13-21(27)22-23-14-15-24(22,16-17-25)18-20(26)19-31(28,29)30;/h12-13,20,25-26H,2-11,14-19H2,1H3;/q;+1/b13-12+;. The molecule has 0 saturated carbocycles. The third kappa shape index (κ3) is 12.9. The van der Waals surface area contributed by atoms with Gasteiger partial charge in [-0.2, -0.15) is 0 Å². The predicted molar refractivity (Wildman–Crippen MR) is 121 cm³/mol. The Bertz CT molecular complexity index is 699. The minimum Gasteiger partial charge on any atom is -0.748 e. The molecule has 180 valence electrons. The van der Waals surface area contributed by atoms with Crippen LogP contribution in [0.2, 0.25) is 0 Å². The van der Waals surface area contributed by atoms with Gasteiger partial charge in [0.05, 0.1) is 29.0 Å². The van der Waals surface area contributed by atoms with Crippen molar-refractivity contribution in [3.8, 4) is 0 Å². The van der Waals surface area contributed by atoms with Crippen LogP contribution in [0.25, 0.3) is 0 Å². The van der Waals surface area contributed by atoms with Crippen LogP contribution < -0.4 is 29.6 Å². The maximum Gasteiger partial charge on any atom is 1.00 e. The number of carbonyl (C=O) groups excluding carboxylic acids is 1. The summed E-state index contributed by atoms with van der Waals surface area (Å²) in [6.07, 6.45) is 13.8. The quantitative estimate of drug-likeness (QED) is 0.0861. The zero-order valence-corrected chi connectivity index (χ0v) is 22.7. The van der Waals surface area contributed by atoms with Gasteiger partial charge in [0, 0.05) is 0 Å². The summed E-state index contributed by atoms with van der Waals surface area (Å²) in [4.78, 5) is 17.0. The number of unbranched alkanes of at least 4 members (excludes halogenated alkanes) is 9. The smallest absolute Gasteiger partial charge is 0.748 e. The summed E-state index contributed by atoms with van der Waals surface area (Å²) in [5.41, 5.74) is 0. The summed E-state index contributed by atoms with van der Waals surface area (Å²) in [6.45, 7) is 2.69. The number of nitrogens with zero attached hydrogens (tertiary/aromatic N) is 2. The van der Waals surface area contributed by atoms with Crippen LogP contribution in [0.1, 0.15) is 71.1 Å². The molecule has 0 bridgehead atoms. The molecule has 1 rings (SSSR count). The fourth-order valence-corrected chi connectivity index (χ4v) is 4.70. The first-order valence-corrected chi connectivity index (χ1v) is 13.2. The molecule has 0 amide bonds. The predicted octanol–water partition coefficient (Wildman–Crippen LogP) is -0.836. The summed E-state index contributed by atoms with van der Waals surface area (Å²) < 4.78 is 32.7. The molecule has 1 aliphatic heterocycles. The molecular weight excluding hydrogens is 443 g/mol. The molecule has 2 unspecified atom stereocenters. The SMILES string of the molecule is CCCCCCCCCCC/C=C/C(=O)C1=NCC[N+]1(CCO)CC(O)CS(=O)(=O)[O-].[Na+]. The first-order valence-electron chi connectivity index (χ1n) is 11.6. The zero-order chi connectivity index (χ0) is 23.2. The van der Waals surface area contributed by atoms with Crippen molar-refractivity contribution in [2.75, 3.05) is 38.5 Å². The molecule has 32 heavy (non-hydrogen) atoms. The van der Waals surface area contributed by atoms with E-state index in [9.17, 15) is 28.0 Å². The Labute approximate surface area is 215 Å². The summed E-state index contributed by atoms with van der Waals surface area (Å²) in [7, 11) is -4.59. The normalized spacial score (nSPS) is 19.7. The second-order valence-corrected chi connectivity index (χ2v) is 9.91. The molecule has 2 N–H and O–H groups in total. The largest absolute Gasteiger partial charge is 1.00 e. The van der Waals surface area contributed by atoms with Gasteiger partial charge in [-0.1, -0.05) is 64.4 Å². The van der Waals surface area contributed by atoms with E-state index in [-0.39, 0.29) is 65.4 Å². The van der Waals surface area contributed by atoms with Gasteiger partial charge < -0.3 is 14.8 Å². The van der Waals surface area contributed by atoms with Gasteiger partial charge in [0.25, 0.3) is 11.6 Å². The molecule has 0 spiro atoms. The van der Waals surface area contributed by atoms with Crippen LogP contribution >= 0.6 is 0 Å². The summed E-state index contributed by atoms with van der Waals surface area (Å²) in [5.74, 6) is -1.01. The second-order valence-electron chi connectivity index (χ2n) is 8.47. The average molecular weight is 484 g/mol. The summed E-state index contributed by atoms with van der Waals surface area (Å²) >= 11 is 0. The third-order valence-electron chi connectivity index (χ3n) is 5.69. The number of aliphatic hydroxyl groups excluding tert-OH is 2. The Morgan fingerprint density at radius 2 is 1.75 bits per heavy atom. The average Bonchev–Trinajstić information content (AvgIpc) is 3.07. The van der Waals surface area contributed by atoms with Crippen molar-refractivity contribution in [1.29, 1.82) is 0 Å². The molecule has 0 aromatic heterocycles. The first-order chi connectivity index (χ1) is 14.7. The van der Waals surface area contributed by atoms with Crippen LogP contribution in [-0.2, 0) is 14.9 Å². The minimum absolute atomic E-state index is 0. The van der Waals surface area contributed by atoms with E-state index in [1.165, 1.54) is 51.0 Å². The van der Waals surface area contributed by atoms with E-state index in [4.69, 9.17) is 0 Å². The van der Waals surface area contributed by atoms with Crippen LogP contribution in [0.5, 0.6) is 0 Å². The van der Waals surface area contributed by atoms with Crippen molar-refractivity contribution < 1.29 is 62.0 Å². The van der Waals surface area contributed by atoms with Crippen LogP contribution in [-0.4, -0.2) is 83.9 Å². The number of rotatable bonds is 18. The van der Waals surface area contributed by atoms with E-state index in [0.29, 0.717) is 13.1 Å². The van der Waals surface area contributed by atoms with E-state index in [0.717, 1.165) is 19.3 Å². The van der Waals surface area contributed by atoms with E-state index in [1.807, 2.05) is 6.08 Å². The number of aliphatic hydroxyl groups is 2. The molecule has 1 heterocycles. The second kappa shape index (κ2) is 17.3. The van der Waals surface area contributed by atoms with Gasteiger partial charge in [-0.3, -0.25) is 9.28 Å². The Kier molecular flexibility index (Phi) is 17.3. The Hall–Kier alpha value is -0.130. The molecule has 0 saturated heterocycles. The van der Waals surface area contributed by atoms with Gasteiger partial charge in [-0.25, -0.2) is 13.4 Å². The van der Waals surface area contributed by atoms with Gasteiger partial charge in [0.15, 0.2) is 0 Å². The number of quaternary nitrogens is 1. The van der Waals surface area contributed by atoms with Crippen LogP contribution in [0.15, 0.2) is 17.1 Å². The van der Waals surface area contributed by atoms with Gasteiger partial charge in [-0.15, -0.1) is 0 Å². The number of hydrogen-bond acceptors (Lipinski definition) is 7. The van der Waals surface area contributed by atoms with Gasteiger partial charge in [-0.05, 0) is 18.9 Å². The number of hydrogen-bond donors (Lipinski definition) is 2. The number of aliphatic imine (C=N–C) groups is 1. The summed E-state index contributed by atoms with van der Waals surface area (Å²) in [5, 5.41) is 19.5. The number of ketones is 1. The van der Waals surface area contributed by atoms with Crippen molar-refractivity contribution in [2.45, 2.75) is 77.2 Å². The Balaban J connectivity index is 0.00000961. The zero-order valence-electron chi connectivity index (χ0n) is 19.9. The molecule has 0 radical (unpaired) electrons. The van der Waals surface area contributed by atoms with Crippen LogP contribution in [0, 0.1) is 0 Å². The van der Waals surface area contributed by atoms with Crippen molar-refractivity contribution in [3.05, 3.63) is 12.2 Å². The van der Waals surface area contributed by atoms with E-state index in [2.05, 4.69) is 11.9 Å². The molecule has 8 nitrogen and oxygen atoms in total. The number of carbonyl (C=O) groups is 1. The van der Waals surface area contributed by atoms with E-state index < -0.39 is 22.0 Å². The Morgan fingerprint density at radius 1 is 1.16 bits per heavy atom. The maximum atomic E-state index is 12.7. The van der Waals surface area contributed by atoms with E-state index >= 15 is 0 Å². The van der Waals surface area contributed by atoms with Gasteiger partial charge in [0.2, 0.25) is 0 Å². The molecule has 0 aromatic rings. The molecule has 0 aliphatic carbocycles.